The number of fused-ring (bicyclic) bond motifs is 4. The zero-order valence-electron chi connectivity index (χ0n) is 16.0. The van der Waals surface area contributed by atoms with Gasteiger partial charge in [-0.3, -0.25) is 0 Å². The average Bonchev–Trinajstić information content (AvgIpc) is 3.18. The molecule has 0 saturated carbocycles. The molecule has 0 atom stereocenters. The van der Waals surface area contributed by atoms with Crippen molar-refractivity contribution in [2.24, 2.45) is 0 Å². The topological polar surface area (TPSA) is 0 Å². The summed E-state index contributed by atoms with van der Waals surface area (Å²) in [5, 5.41) is 5.20. The van der Waals surface area contributed by atoms with Crippen molar-refractivity contribution < 1.29 is 0 Å². The Hall–Kier alpha value is -3.64. The Balaban J connectivity index is 1.67. The fourth-order valence-corrected chi connectivity index (χ4v) is 4.72. The molecule has 0 nitrogen and oxygen atoms in total. The number of rotatable bonds is 2. The molecule has 6 rings (SSSR count). The summed E-state index contributed by atoms with van der Waals surface area (Å²) in [6.07, 6.45) is 10.8. The van der Waals surface area contributed by atoms with Gasteiger partial charge in [-0.2, -0.15) is 0 Å². The van der Waals surface area contributed by atoms with Crippen molar-refractivity contribution in [1.29, 1.82) is 0 Å². The van der Waals surface area contributed by atoms with Crippen molar-refractivity contribution in [3.8, 4) is 0 Å². The summed E-state index contributed by atoms with van der Waals surface area (Å²) in [5.74, 6) is 0. The van der Waals surface area contributed by atoms with Crippen molar-refractivity contribution in [2.45, 2.75) is 5.41 Å². The predicted molar refractivity (Wildman–Crippen MR) is 121 cm³/mol. The van der Waals surface area contributed by atoms with Gasteiger partial charge in [0.05, 0.1) is 5.41 Å². The maximum absolute atomic E-state index is 3.91. The molecule has 0 amide bonds. The standard InChI is InChI=1S/C29H19/c1-3-10-24(11-4-1)29(25-12-5-2-6-13-25)18-17-27-23(20-29)19-22-16-15-21-9-7-8-14-26(21)28(22)27/h1-19H. The molecule has 0 aromatic heterocycles. The molecule has 0 unspecified atom stereocenters. The third-order valence-electron chi connectivity index (χ3n) is 6.11. The van der Waals surface area contributed by atoms with Crippen LogP contribution in [0.15, 0.2) is 115 Å². The van der Waals surface area contributed by atoms with Crippen molar-refractivity contribution >= 4 is 22.4 Å². The van der Waals surface area contributed by atoms with Gasteiger partial charge in [0.2, 0.25) is 0 Å². The maximum Gasteiger partial charge on any atom is 0.0644 e. The lowest BCUT2D eigenvalue weighted by molar-refractivity contribution is 0.783. The van der Waals surface area contributed by atoms with Crippen molar-refractivity contribution in [3.63, 3.8) is 0 Å². The molecule has 0 heteroatoms. The minimum Gasteiger partial charge on any atom is -0.0645 e. The molecule has 1 radical (unpaired) electrons. The van der Waals surface area contributed by atoms with Gasteiger partial charge in [-0.1, -0.05) is 109 Å². The van der Waals surface area contributed by atoms with E-state index in [4.69, 9.17) is 0 Å². The monoisotopic (exact) mass is 367 g/mol. The fraction of sp³-hybridized carbons (Fsp3) is 0.0345. The minimum atomic E-state index is -0.379. The summed E-state index contributed by atoms with van der Waals surface area (Å²) in [6.45, 7) is 0. The van der Waals surface area contributed by atoms with E-state index in [1.807, 2.05) is 0 Å². The molecule has 29 heavy (non-hydrogen) atoms. The van der Waals surface area contributed by atoms with E-state index in [1.165, 1.54) is 43.5 Å². The predicted octanol–water partition coefficient (Wildman–Crippen LogP) is 5.07. The molecule has 2 aliphatic rings. The van der Waals surface area contributed by atoms with Crippen molar-refractivity contribution in [2.75, 3.05) is 0 Å². The summed E-state index contributed by atoms with van der Waals surface area (Å²) >= 11 is 0. The van der Waals surface area contributed by atoms with E-state index in [9.17, 15) is 0 Å². The highest BCUT2D eigenvalue weighted by atomic mass is 14.4. The first-order valence-corrected chi connectivity index (χ1v) is 10.0. The second-order valence-electron chi connectivity index (χ2n) is 7.72. The first kappa shape index (κ1) is 16.3. The van der Waals surface area contributed by atoms with Crippen LogP contribution in [0.4, 0.5) is 0 Å². The Bertz CT molecular complexity index is 1380. The zero-order valence-corrected chi connectivity index (χ0v) is 16.0. The molecule has 0 aliphatic heterocycles. The van der Waals surface area contributed by atoms with Crippen LogP contribution < -0.4 is 10.4 Å². The van der Waals surface area contributed by atoms with Crippen LogP contribution in [-0.2, 0) is 5.41 Å². The lowest BCUT2D eigenvalue weighted by Crippen LogP contribution is -2.27. The van der Waals surface area contributed by atoms with E-state index >= 15 is 0 Å². The highest BCUT2D eigenvalue weighted by Crippen LogP contribution is 2.41. The molecule has 0 saturated heterocycles. The Kier molecular flexibility index (Phi) is 3.48. The molecule has 2 aliphatic carbocycles. The van der Waals surface area contributed by atoms with E-state index in [0.717, 1.165) is 0 Å². The van der Waals surface area contributed by atoms with Crippen LogP contribution >= 0.6 is 0 Å². The van der Waals surface area contributed by atoms with Gasteiger partial charge in [-0.25, -0.2) is 0 Å². The SMILES string of the molecule is [C]1=C2C=c3ccc4ccccc4c3=C2C=CC1(c1ccccc1)c1ccccc1. The van der Waals surface area contributed by atoms with Crippen molar-refractivity contribution in [1.82, 2.24) is 0 Å². The van der Waals surface area contributed by atoms with Gasteiger partial charge in [-0.15, -0.1) is 0 Å². The summed E-state index contributed by atoms with van der Waals surface area (Å²) in [7, 11) is 0. The fourth-order valence-electron chi connectivity index (χ4n) is 4.72. The van der Waals surface area contributed by atoms with Crippen LogP contribution in [0.3, 0.4) is 0 Å². The van der Waals surface area contributed by atoms with Gasteiger partial charge in [0, 0.05) is 0 Å². The van der Waals surface area contributed by atoms with Gasteiger partial charge < -0.3 is 0 Å². The molecule has 0 fully saturated rings. The van der Waals surface area contributed by atoms with Gasteiger partial charge in [0.15, 0.2) is 0 Å². The molecule has 4 aromatic carbocycles. The normalized spacial score (nSPS) is 16.1. The Morgan fingerprint density at radius 3 is 2.00 bits per heavy atom. The zero-order chi connectivity index (χ0) is 19.3. The smallest absolute Gasteiger partial charge is 0.0644 e. The highest BCUT2D eigenvalue weighted by Gasteiger charge is 2.33. The van der Waals surface area contributed by atoms with E-state index in [2.05, 4.69) is 121 Å². The largest absolute Gasteiger partial charge is 0.0645 e. The van der Waals surface area contributed by atoms with E-state index in [0.29, 0.717) is 0 Å². The third-order valence-corrected chi connectivity index (χ3v) is 6.11. The van der Waals surface area contributed by atoms with Crippen LogP contribution in [0.25, 0.3) is 22.4 Å². The Morgan fingerprint density at radius 2 is 1.28 bits per heavy atom. The molecular formula is C29H19. The lowest BCUT2D eigenvalue weighted by Gasteiger charge is -2.32. The molecule has 0 N–H and O–H groups in total. The first-order valence-electron chi connectivity index (χ1n) is 10.0. The van der Waals surface area contributed by atoms with Gasteiger partial charge in [0.25, 0.3) is 0 Å². The van der Waals surface area contributed by atoms with E-state index in [-0.39, 0.29) is 5.41 Å². The molecular weight excluding hydrogens is 348 g/mol. The van der Waals surface area contributed by atoms with E-state index < -0.39 is 0 Å². The van der Waals surface area contributed by atoms with Crippen LogP contribution in [0, 0.1) is 6.08 Å². The lowest BCUT2D eigenvalue weighted by atomic mass is 9.70. The summed E-state index contributed by atoms with van der Waals surface area (Å²) in [4.78, 5) is 0. The molecule has 4 aromatic rings. The third kappa shape index (κ3) is 2.39. The summed E-state index contributed by atoms with van der Waals surface area (Å²) in [5.41, 5.74) is 4.56. The van der Waals surface area contributed by atoms with Crippen molar-refractivity contribution in [3.05, 3.63) is 142 Å². The van der Waals surface area contributed by atoms with Gasteiger partial charge in [-0.05, 0) is 55.6 Å². The van der Waals surface area contributed by atoms with E-state index in [1.54, 1.807) is 0 Å². The minimum absolute atomic E-state index is 0.379. The van der Waals surface area contributed by atoms with Crippen LogP contribution in [0.2, 0.25) is 0 Å². The van der Waals surface area contributed by atoms with Crippen LogP contribution in [-0.4, -0.2) is 0 Å². The number of allylic oxidation sites excluding steroid dienone is 4. The molecule has 0 bridgehead atoms. The van der Waals surface area contributed by atoms with Crippen LogP contribution in [0.5, 0.6) is 0 Å². The second-order valence-corrected chi connectivity index (χ2v) is 7.72. The molecule has 0 heterocycles. The Morgan fingerprint density at radius 1 is 0.621 bits per heavy atom. The van der Waals surface area contributed by atoms with Gasteiger partial charge in [0.1, 0.15) is 0 Å². The summed E-state index contributed by atoms with van der Waals surface area (Å²) in [6, 6.07) is 34.5. The second kappa shape index (κ2) is 6.18. The maximum atomic E-state index is 3.91. The average molecular weight is 367 g/mol. The Labute approximate surface area is 170 Å². The molecule has 135 valence electrons. The summed E-state index contributed by atoms with van der Waals surface area (Å²) < 4.78 is 0. The molecule has 0 spiro atoms. The highest BCUT2D eigenvalue weighted by molar-refractivity contribution is 5.96. The van der Waals surface area contributed by atoms with Gasteiger partial charge >= 0.3 is 0 Å². The number of hydrogen-bond acceptors (Lipinski definition) is 0. The van der Waals surface area contributed by atoms with Crippen LogP contribution in [0.1, 0.15) is 11.1 Å². The number of benzene rings is 4. The quantitative estimate of drug-likeness (QED) is 0.464. The number of hydrogen-bond donors (Lipinski definition) is 0. The first-order chi connectivity index (χ1) is 14.4.